The number of para-hydroxylation sites is 1. The zero-order chi connectivity index (χ0) is 19.1. The van der Waals surface area contributed by atoms with Crippen molar-refractivity contribution in [2.24, 2.45) is 5.92 Å². The second-order valence-electron chi connectivity index (χ2n) is 7.58. The number of anilines is 1. The first kappa shape index (κ1) is 20.2. The molecular weight excluding hydrogens is 320 g/mol. The molecule has 0 radical (unpaired) electrons. The van der Waals surface area contributed by atoms with Crippen molar-refractivity contribution >= 4 is 11.6 Å². The van der Waals surface area contributed by atoms with Crippen molar-refractivity contribution in [1.29, 1.82) is 0 Å². The fraction of sp³-hybridized carbons (Fsp3) is 0.435. The number of amides is 1. The number of nitrogens with one attached hydrogen (secondary N) is 1. The Morgan fingerprint density at radius 3 is 2.38 bits per heavy atom. The van der Waals surface area contributed by atoms with Crippen LogP contribution in [0.5, 0.6) is 0 Å². The van der Waals surface area contributed by atoms with E-state index in [4.69, 9.17) is 0 Å². The van der Waals surface area contributed by atoms with Crippen LogP contribution in [0.1, 0.15) is 56.0 Å². The summed E-state index contributed by atoms with van der Waals surface area (Å²) in [6, 6.07) is 15.2. The highest BCUT2D eigenvalue weighted by molar-refractivity contribution is 5.93. The summed E-state index contributed by atoms with van der Waals surface area (Å²) in [6.45, 7) is 11.2. The van der Waals surface area contributed by atoms with Crippen LogP contribution in [0.2, 0.25) is 0 Å². The molecule has 0 aromatic heterocycles. The maximum Gasteiger partial charge on any atom is 0.279 e. The lowest BCUT2D eigenvalue weighted by atomic mass is 10.00. The summed E-state index contributed by atoms with van der Waals surface area (Å²) >= 11 is 0. The first-order valence-corrected chi connectivity index (χ1v) is 9.71. The Labute approximate surface area is 158 Å². The van der Waals surface area contributed by atoms with Gasteiger partial charge in [0, 0.05) is 11.3 Å². The lowest BCUT2D eigenvalue weighted by Crippen LogP contribution is -2.86. The van der Waals surface area contributed by atoms with Crippen molar-refractivity contribution in [3.05, 3.63) is 64.7 Å². The quantitative estimate of drug-likeness (QED) is 0.740. The summed E-state index contributed by atoms with van der Waals surface area (Å²) in [7, 11) is 0. The number of carbonyl (C=O) groups excluding carboxylic acids is 1. The lowest BCUT2D eigenvalue weighted by molar-refractivity contribution is -0.682. The maximum atomic E-state index is 12.4. The summed E-state index contributed by atoms with van der Waals surface area (Å²) in [4.78, 5) is 12.4. The molecule has 0 aliphatic heterocycles. The Morgan fingerprint density at radius 1 is 1.08 bits per heavy atom. The van der Waals surface area contributed by atoms with Crippen LogP contribution >= 0.6 is 0 Å². The van der Waals surface area contributed by atoms with Gasteiger partial charge in [0.1, 0.15) is 6.04 Å². The third kappa shape index (κ3) is 5.70. The molecule has 1 atom stereocenters. The van der Waals surface area contributed by atoms with Gasteiger partial charge in [0.2, 0.25) is 0 Å². The largest absolute Gasteiger partial charge is 0.333 e. The molecule has 0 heterocycles. The monoisotopic (exact) mass is 353 g/mol. The average molecular weight is 354 g/mol. The van der Waals surface area contributed by atoms with Gasteiger partial charge in [0.05, 0.1) is 0 Å². The number of carbonyl (C=O) groups is 1. The van der Waals surface area contributed by atoms with E-state index in [2.05, 4.69) is 68.7 Å². The molecule has 0 aliphatic rings. The van der Waals surface area contributed by atoms with Crippen LogP contribution in [-0.4, -0.2) is 12.5 Å². The molecule has 0 aliphatic carbocycles. The summed E-state index contributed by atoms with van der Waals surface area (Å²) in [5.41, 5.74) is 5.91. The predicted octanol–water partition coefficient (Wildman–Crippen LogP) is 4.02. The van der Waals surface area contributed by atoms with Crippen molar-refractivity contribution in [2.45, 2.75) is 53.5 Å². The van der Waals surface area contributed by atoms with E-state index in [9.17, 15) is 4.79 Å². The van der Waals surface area contributed by atoms with Gasteiger partial charge in [-0.25, -0.2) is 0 Å². The van der Waals surface area contributed by atoms with E-state index in [0.717, 1.165) is 24.1 Å². The van der Waals surface area contributed by atoms with E-state index in [1.54, 1.807) is 0 Å². The van der Waals surface area contributed by atoms with Crippen LogP contribution < -0.4 is 10.6 Å². The standard InChI is InChI=1S/C23H32N2O/c1-6-20-9-7-8-17(4)23(20)25-22(26)15-24-18(5)21-12-10-19(11-13-21)14-16(2)3/h7-13,16,18,24H,6,14-15H2,1-5H3,(H,25,26)/p+1/t18-/m1/s1. The van der Waals surface area contributed by atoms with Gasteiger partial charge in [-0.15, -0.1) is 0 Å². The first-order valence-electron chi connectivity index (χ1n) is 9.71. The minimum atomic E-state index is 0.0530. The minimum Gasteiger partial charge on any atom is -0.333 e. The molecular formula is C23H33N2O+. The summed E-state index contributed by atoms with van der Waals surface area (Å²) in [6.07, 6.45) is 2.02. The van der Waals surface area contributed by atoms with Gasteiger partial charge in [-0.2, -0.15) is 0 Å². The van der Waals surface area contributed by atoms with E-state index in [1.807, 2.05) is 19.1 Å². The molecule has 0 spiro atoms. The number of hydrogen-bond donors (Lipinski definition) is 2. The summed E-state index contributed by atoms with van der Waals surface area (Å²) in [5.74, 6) is 0.722. The highest BCUT2D eigenvalue weighted by Gasteiger charge is 2.14. The van der Waals surface area contributed by atoms with Gasteiger partial charge in [-0.1, -0.05) is 63.2 Å². The van der Waals surface area contributed by atoms with E-state index < -0.39 is 0 Å². The zero-order valence-electron chi connectivity index (χ0n) is 16.8. The molecule has 2 aromatic rings. The van der Waals surface area contributed by atoms with Crippen molar-refractivity contribution < 1.29 is 10.1 Å². The average Bonchev–Trinajstić information content (AvgIpc) is 2.61. The van der Waals surface area contributed by atoms with Gasteiger partial charge in [0.15, 0.2) is 6.54 Å². The minimum absolute atomic E-state index is 0.0530. The summed E-state index contributed by atoms with van der Waals surface area (Å²) in [5, 5.41) is 5.19. The van der Waals surface area contributed by atoms with Crippen molar-refractivity contribution in [2.75, 3.05) is 11.9 Å². The van der Waals surface area contributed by atoms with E-state index in [0.29, 0.717) is 12.5 Å². The SMILES string of the molecule is CCc1cccc(C)c1NC(=O)C[NH2+][C@H](C)c1ccc(CC(C)C)cc1. The van der Waals surface area contributed by atoms with Crippen LogP contribution in [0.3, 0.4) is 0 Å². The molecule has 1 amide bonds. The molecule has 2 aromatic carbocycles. The Kier molecular flexibility index (Phi) is 7.40. The van der Waals surface area contributed by atoms with Gasteiger partial charge in [-0.05, 0) is 49.3 Å². The van der Waals surface area contributed by atoms with Gasteiger partial charge in [-0.3, -0.25) is 4.79 Å². The molecule has 3 heteroatoms. The molecule has 3 N–H and O–H groups in total. The molecule has 3 nitrogen and oxygen atoms in total. The second-order valence-corrected chi connectivity index (χ2v) is 7.58. The Balaban J connectivity index is 1.91. The number of rotatable bonds is 8. The number of aryl methyl sites for hydroxylation is 2. The Hall–Kier alpha value is -2.13. The van der Waals surface area contributed by atoms with Gasteiger partial charge in [0.25, 0.3) is 5.91 Å². The second kappa shape index (κ2) is 9.54. The number of benzene rings is 2. The number of quaternary nitrogens is 1. The van der Waals surface area contributed by atoms with Crippen LogP contribution in [0.25, 0.3) is 0 Å². The molecule has 26 heavy (non-hydrogen) atoms. The zero-order valence-corrected chi connectivity index (χ0v) is 16.8. The normalized spacial score (nSPS) is 12.2. The topological polar surface area (TPSA) is 45.7 Å². The smallest absolute Gasteiger partial charge is 0.279 e. The van der Waals surface area contributed by atoms with Crippen LogP contribution in [0.4, 0.5) is 5.69 Å². The van der Waals surface area contributed by atoms with E-state index in [-0.39, 0.29) is 11.9 Å². The molecule has 0 saturated heterocycles. The predicted molar refractivity (Wildman–Crippen MR) is 109 cm³/mol. The molecule has 0 saturated carbocycles. The first-order chi connectivity index (χ1) is 12.4. The Bertz CT molecular complexity index is 719. The molecule has 2 rings (SSSR count). The molecule has 0 unspecified atom stereocenters. The fourth-order valence-corrected chi connectivity index (χ4v) is 3.24. The van der Waals surface area contributed by atoms with E-state index >= 15 is 0 Å². The number of nitrogens with two attached hydrogens (primary N) is 1. The van der Waals surface area contributed by atoms with Crippen LogP contribution in [0, 0.1) is 12.8 Å². The molecule has 140 valence electrons. The maximum absolute atomic E-state index is 12.4. The van der Waals surface area contributed by atoms with Crippen molar-refractivity contribution in [1.82, 2.24) is 0 Å². The summed E-state index contributed by atoms with van der Waals surface area (Å²) < 4.78 is 0. The highest BCUT2D eigenvalue weighted by atomic mass is 16.1. The van der Waals surface area contributed by atoms with Crippen LogP contribution in [0.15, 0.2) is 42.5 Å². The third-order valence-electron chi connectivity index (χ3n) is 4.81. The van der Waals surface area contributed by atoms with E-state index in [1.165, 1.54) is 16.7 Å². The number of hydrogen-bond acceptors (Lipinski definition) is 1. The van der Waals surface area contributed by atoms with Gasteiger partial charge >= 0.3 is 0 Å². The highest BCUT2D eigenvalue weighted by Crippen LogP contribution is 2.20. The molecule has 0 fully saturated rings. The fourth-order valence-electron chi connectivity index (χ4n) is 3.24. The lowest BCUT2D eigenvalue weighted by Gasteiger charge is -2.15. The molecule has 0 bridgehead atoms. The Morgan fingerprint density at radius 2 is 1.77 bits per heavy atom. The van der Waals surface area contributed by atoms with Crippen molar-refractivity contribution in [3.8, 4) is 0 Å². The third-order valence-corrected chi connectivity index (χ3v) is 4.81. The van der Waals surface area contributed by atoms with Crippen LogP contribution in [-0.2, 0) is 17.6 Å². The van der Waals surface area contributed by atoms with Crippen molar-refractivity contribution in [3.63, 3.8) is 0 Å². The van der Waals surface area contributed by atoms with Gasteiger partial charge < -0.3 is 10.6 Å².